The molecule has 1 aliphatic carbocycles. The fourth-order valence-electron chi connectivity index (χ4n) is 2.74. The Morgan fingerprint density at radius 1 is 1.35 bits per heavy atom. The third-order valence-corrected chi connectivity index (χ3v) is 4.47. The van der Waals surface area contributed by atoms with Gasteiger partial charge in [-0.15, -0.1) is 0 Å². The lowest BCUT2D eigenvalue weighted by atomic mass is 9.67. The number of nitrogen functional groups attached to an aromatic ring is 1. The highest BCUT2D eigenvalue weighted by Crippen LogP contribution is 2.43. The number of nitrogens with one attached hydrogen (secondary N) is 2. The van der Waals surface area contributed by atoms with E-state index in [4.69, 9.17) is 5.73 Å². The van der Waals surface area contributed by atoms with E-state index in [1.165, 1.54) is 25.7 Å². The maximum absolute atomic E-state index is 11.7. The number of amides is 1. The van der Waals surface area contributed by atoms with E-state index in [9.17, 15) is 4.79 Å². The van der Waals surface area contributed by atoms with Crippen LogP contribution in [0.1, 0.15) is 49.9 Å². The van der Waals surface area contributed by atoms with Crippen LogP contribution in [0.15, 0.2) is 18.2 Å². The fraction of sp³-hybridized carbons (Fsp3) is 0.562. The van der Waals surface area contributed by atoms with Crippen molar-refractivity contribution < 1.29 is 4.79 Å². The largest absolute Gasteiger partial charge is 0.397 e. The van der Waals surface area contributed by atoms with Crippen LogP contribution in [0.5, 0.6) is 0 Å². The van der Waals surface area contributed by atoms with Crippen molar-refractivity contribution in [2.45, 2.75) is 39.5 Å². The third kappa shape index (κ3) is 3.06. The zero-order chi connectivity index (χ0) is 14.6. The Labute approximate surface area is 121 Å². The van der Waals surface area contributed by atoms with Gasteiger partial charge in [0.15, 0.2) is 0 Å². The monoisotopic (exact) mass is 275 g/mol. The van der Waals surface area contributed by atoms with Gasteiger partial charge in [0.05, 0.1) is 11.4 Å². The number of carbonyl (C=O) groups is 1. The number of benzene rings is 1. The van der Waals surface area contributed by atoms with Gasteiger partial charge in [0.2, 0.25) is 0 Å². The summed E-state index contributed by atoms with van der Waals surface area (Å²) < 4.78 is 0. The fourth-order valence-corrected chi connectivity index (χ4v) is 2.74. The van der Waals surface area contributed by atoms with Gasteiger partial charge in [0.1, 0.15) is 0 Å². The Kier molecular flexibility index (Phi) is 4.53. The van der Waals surface area contributed by atoms with Crippen LogP contribution in [0, 0.1) is 5.41 Å². The van der Waals surface area contributed by atoms with Crippen molar-refractivity contribution in [1.29, 1.82) is 0 Å². The predicted octanol–water partition coefficient (Wildman–Crippen LogP) is 3.01. The first-order chi connectivity index (χ1) is 9.60. The SMILES string of the molecule is CCNC(=O)c1ccc(NCC2(CC)CCC2)c(N)c1. The van der Waals surface area contributed by atoms with Crippen LogP contribution < -0.4 is 16.4 Å². The van der Waals surface area contributed by atoms with Crippen LogP contribution in [0.3, 0.4) is 0 Å². The summed E-state index contributed by atoms with van der Waals surface area (Å²) in [6.07, 6.45) is 5.14. The first kappa shape index (κ1) is 14.7. The second-order valence-corrected chi connectivity index (χ2v) is 5.72. The number of hydrogen-bond acceptors (Lipinski definition) is 3. The van der Waals surface area contributed by atoms with Crippen molar-refractivity contribution in [2.24, 2.45) is 5.41 Å². The maximum atomic E-state index is 11.7. The van der Waals surface area contributed by atoms with Crippen molar-refractivity contribution in [2.75, 3.05) is 24.1 Å². The van der Waals surface area contributed by atoms with E-state index in [0.717, 1.165) is 12.2 Å². The number of rotatable bonds is 6. The molecule has 0 saturated heterocycles. The molecule has 110 valence electrons. The highest BCUT2D eigenvalue weighted by Gasteiger charge is 2.34. The van der Waals surface area contributed by atoms with E-state index in [1.807, 2.05) is 19.1 Å². The second-order valence-electron chi connectivity index (χ2n) is 5.72. The van der Waals surface area contributed by atoms with Crippen molar-refractivity contribution >= 4 is 17.3 Å². The van der Waals surface area contributed by atoms with Crippen molar-refractivity contribution in [3.05, 3.63) is 23.8 Å². The van der Waals surface area contributed by atoms with E-state index in [2.05, 4.69) is 17.6 Å². The Morgan fingerprint density at radius 3 is 2.60 bits per heavy atom. The van der Waals surface area contributed by atoms with Gasteiger partial charge in [-0.3, -0.25) is 4.79 Å². The molecule has 1 amide bonds. The highest BCUT2D eigenvalue weighted by atomic mass is 16.1. The topological polar surface area (TPSA) is 67.2 Å². The molecule has 4 nitrogen and oxygen atoms in total. The molecule has 4 N–H and O–H groups in total. The van der Waals surface area contributed by atoms with E-state index >= 15 is 0 Å². The summed E-state index contributed by atoms with van der Waals surface area (Å²) in [6, 6.07) is 5.47. The minimum atomic E-state index is -0.0743. The van der Waals surface area contributed by atoms with Crippen LogP contribution in [-0.4, -0.2) is 19.0 Å². The molecule has 0 atom stereocenters. The van der Waals surface area contributed by atoms with E-state index in [0.29, 0.717) is 23.2 Å². The standard InChI is InChI=1S/C16H25N3O/c1-3-16(8-5-9-16)11-19-14-7-6-12(10-13(14)17)15(20)18-4-2/h6-7,10,19H,3-5,8-9,11,17H2,1-2H3,(H,18,20). The quantitative estimate of drug-likeness (QED) is 0.699. The molecule has 1 aromatic carbocycles. The van der Waals surface area contributed by atoms with E-state index < -0.39 is 0 Å². The Morgan fingerprint density at radius 2 is 2.10 bits per heavy atom. The van der Waals surface area contributed by atoms with Gasteiger partial charge in [-0.2, -0.15) is 0 Å². The molecule has 0 heterocycles. The van der Waals surface area contributed by atoms with E-state index in [-0.39, 0.29) is 5.91 Å². The number of anilines is 2. The van der Waals surface area contributed by atoms with Crippen LogP contribution >= 0.6 is 0 Å². The summed E-state index contributed by atoms with van der Waals surface area (Å²) in [6.45, 7) is 5.74. The molecule has 1 fully saturated rings. The molecule has 0 aliphatic heterocycles. The smallest absolute Gasteiger partial charge is 0.251 e. The average molecular weight is 275 g/mol. The van der Waals surface area contributed by atoms with Crippen LogP contribution in [-0.2, 0) is 0 Å². The molecule has 0 unspecified atom stereocenters. The summed E-state index contributed by atoms with van der Waals surface area (Å²) in [5.74, 6) is -0.0743. The Hall–Kier alpha value is -1.71. The summed E-state index contributed by atoms with van der Waals surface area (Å²) in [5, 5.41) is 6.23. The summed E-state index contributed by atoms with van der Waals surface area (Å²) >= 11 is 0. The number of carbonyl (C=O) groups excluding carboxylic acids is 1. The minimum absolute atomic E-state index is 0.0743. The summed E-state index contributed by atoms with van der Waals surface area (Å²) in [4.78, 5) is 11.7. The lowest BCUT2D eigenvalue weighted by Gasteiger charge is -2.41. The van der Waals surface area contributed by atoms with Gasteiger partial charge >= 0.3 is 0 Å². The lowest BCUT2D eigenvalue weighted by molar-refractivity contribution is 0.0956. The molecule has 0 radical (unpaired) electrons. The van der Waals surface area contributed by atoms with Crippen LogP contribution in [0.25, 0.3) is 0 Å². The predicted molar refractivity (Wildman–Crippen MR) is 83.9 cm³/mol. The Bertz CT molecular complexity index is 475. The molecule has 2 rings (SSSR count). The second kappa shape index (κ2) is 6.16. The third-order valence-electron chi connectivity index (χ3n) is 4.47. The molecule has 1 saturated carbocycles. The minimum Gasteiger partial charge on any atom is -0.397 e. The Balaban J connectivity index is 2.01. The summed E-state index contributed by atoms with van der Waals surface area (Å²) in [7, 11) is 0. The molecule has 1 aliphatic rings. The molecule has 0 spiro atoms. The van der Waals surface area contributed by atoms with E-state index in [1.54, 1.807) is 6.07 Å². The molecule has 20 heavy (non-hydrogen) atoms. The van der Waals surface area contributed by atoms with Crippen molar-refractivity contribution in [1.82, 2.24) is 5.32 Å². The maximum Gasteiger partial charge on any atom is 0.251 e. The van der Waals surface area contributed by atoms with Crippen LogP contribution in [0.2, 0.25) is 0 Å². The molecule has 4 heteroatoms. The van der Waals surface area contributed by atoms with Gasteiger partial charge < -0.3 is 16.4 Å². The van der Waals surface area contributed by atoms with Gasteiger partial charge in [-0.1, -0.05) is 13.3 Å². The molecular weight excluding hydrogens is 250 g/mol. The zero-order valence-electron chi connectivity index (χ0n) is 12.5. The average Bonchev–Trinajstić information content (AvgIpc) is 2.39. The van der Waals surface area contributed by atoms with Gasteiger partial charge in [-0.05, 0) is 49.8 Å². The van der Waals surface area contributed by atoms with Gasteiger partial charge in [-0.25, -0.2) is 0 Å². The normalized spacial score (nSPS) is 16.3. The lowest BCUT2D eigenvalue weighted by Crippen LogP contribution is -2.36. The summed E-state index contributed by atoms with van der Waals surface area (Å²) in [5.41, 5.74) is 8.67. The van der Waals surface area contributed by atoms with Gasteiger partial charge in [0.25, 0.3) is 5.91 Å². The van der Waals surface area contributed by atoms with Crippen LogP contribution in [0.4, 0.5) is 11.4 Å². The molecule has 0 aromatic heterocycles. The first-order valence-electron chi connectivity index (χ1n) is 7.52. The first-order valence-corrected chi connectivity index (χ1v) is 7.52. The zero-order valence-corrected chi connectivity index (χ0v) is 12.5. The molecule has 1 aromatic rings. The van der Waals surface area contributed by atoms with Crippen molar-refractivity contribution in [3.63, 3.8) is 0 Å². The number of hydrogen-bond donors (Lipinski definition) is 3. The molecular formula is C16H25N3O. The van der Waals surface area contributed by atoms with Crippen molar-refractivity contribution in [3.8, 4) is 0 Å². The number of nitrogens with two attached hydrogens (primary N) is 1. The van der Waals surface area contributed by atoms with Gasteiger partial charge in [0, 0.05) is 18.7 Å². The molecule has 0 bridgehead atoms. The highest BCUT2D eigenvalue weighted by molar-refractivity contribution is 5.96.